The fourth-order valence-corrected chi connectivity index (χ4v) is 1.91. The number of likely N-dealkylation sites (N-methyl/N-ethyl adjacent to an activating group) is 1. The van der Waals surface area contributed by atoms with Crippen molar-refractivity contribution in [1.29, 1.82) is 0 Å². The summed E-state index contributed by atoms with van der Waals surface area (Å²) in [5.74, 6) is -2.13. The molecule has 8 heteroatoms. The lowest BCUT2D eigenvalue weighted by molar-refractivity contribution is -0.147. The van der Waals surface area contributed by atoms with Gasteiger partial charge < -0.3 is 14.9 Å². The lowest BCUT2D eigenvalue weighted by Crippen LogP contribution is -2.48. The van der Waals surface area contributed by atoms with E-state index in [1.165, 1.54) is 16.8 Å². The maximum absolute atomic E-state index is 12.1. The summed E-state index contributed by atoms with van der Waals surface area (Å²) in [5, 5.41) is 8.83. The van der Waals surface area contributed by atoms with Gasteiger partial charge in [-0.25, -0.2) is 4.79 Å². The fraction of sp³-hybridized carbons (Fsp3) is 0.667. The number of carbonyl (C=O) groups is 4. The molecule has 0 radical (unpaired) electrons. The number of nitrogens with zero attached hydrogens (tertiary/aromatic N) is 3. The average molecular weight is 285 g/mol. The van der Waals surface area contributed by atoms with Gasteiger partial charge in [-0.3, -0.25) is 19.3 Å². The van der Waals surface area contributed by atoms with Crippen LogP contribution in [0.5, 0.6) is 0 Å². The second kappa shape index (κ2) is 6.36. The molecule has 1 unspecified atom stereocenters. The number of urea groups is 1. The zero-order chi connectivity index (χ0) is 15.4. The molecule has 1 fully saturated rings. The molecular weight excluding hydrogens is 266 g/mol. The summed E-state index contributed by atoms with van der Waals surface area (Å²) in [6.07, 6.45) is 0.584. The van der Waals surface area contributed by atoms with Gasteiger partial charge in [0.2, 0.25) is 5.91 Å². The van der Waals surface area contributed by atoms with Crippen molar-refractivity contribution in [2.75, 3.05) is 26.7 Å². The van der Waals surface area contributed by atoms with Crippen LogP contribution in [0.25, 0.3) is 0 Å². The first kappa shape index (κ1) is 15.9. The molecule has 0 aromatic carbocycles. The van der Waals surface area contributed by atoms with Gasteiger partial charge in [-0.15, -0.1) is 0 Å². The van der Waals surface area contributed by atoms with Crippen molar-refractivity contribution < 1.29 is 24.3 Å². The minimum Gasteiger partial charge on any atom is -0.480 e. The van der Waals surface area contributed by atoms with Crippen LogP contribution in [0.1, 0.15) is 20.3 Å². The van der Waals surface area contributed by atoms with E-state index in [0.717, 1.165) is 4.90 Å². The van der Waals surface area contributed by atoms with Crippen LogP contribution < -0.4 is 0 Å². The maximum atomic E-state index is 12.1. The minimum atomic E-state index is -1.13. The molecule has 0 aromatic rings. The van der Waals surface area contributed by atoms with Crippen molar-refractivity contribution in [3.63, 3.8) is 0 Å². The predicted molar refractivity (Wildman–Crippen MR) is 68.8 cm³/mol. The van der Waals surface area contributed by atoms with Crippen molar-refractivity contribution in [3.05, 3.63) is 0 Å². The minimum absolute atomic E-state index is 0.0611. The summed E-state index contributed by atoms with van der Waals surface area (Å²) in [4.78, 5) is 49.4. The molecule has 1 rings (SSSR count). The number of carboxylic acids is 1. The van der Waals surface area contributed by atoms with Gasteiger partial charge >= 0.3 is 12.0 Å². The molecule has 0 bridgehead atoms. The number of rotatable bonds is 6. The molecular formula is C12H19N3O5. The molecule has 1 heterocycles. The van der Waals surface area contributed by atoms with Gasteiger partial charge in [0, 0.05) is 13.1 Å². The molecule has 0 aliphatic carbocycles. The van der Waals surface area contributed by atoms with Crippen LogP contribution in [-0.2, 0) is 14.4 Å². The lowest BCUT2D eigenvalue weighted by atomic mass is 10.2. The highest BCUT2D eigenvalue weighted by Gasteiger charge is 2.36. The Morgan fingerprint density at radius 2 is 2.00 bits per heavy atom. The fourth-order valence-electron chi connectivity index (χ4n) is 1.91. The van der Waals surface area contributed by atoms with Crippen LogP contribution in [0.3, 0.4) is 0 Å². The van der Waals surface area contributed by atoms with Crippen LogP contribution in [0.15, 0.2) is 0 Å². The van der Waals surface area contributed by atoms with Crippen molar-refractivity contribution in [2.24, 2.45) is 0 Å². The van der Waals surface area contributed by atoms with Crippen LogP contribution in [-0.4, -0.2) is 76.3 Å². The van der Waals surface area contributed by atoms with Crippen LogP contribution in [0.2, 0.25) is 0 Å². The predicted octanol–water partition coefficient (Wildman–Crippen LogP) is -0.408. The van der Waals surface area contributed by atoms with Gasteiger partial charge in [0.15, 0.2) is 0 Å². The van der Waals surface area contributed by atoms with E-state index in [-0.39, 0.29) is 12.6 Å². The first-order chi connectivity index (χ1) is 9.27. The largest absolute Gasteiger partial charge is 0.480 e. The Kier molecular flexibility index (Phi) is 5.06. The molecule has 8 nitrogen and oxygen atoms in total. The monoisotopic (exact) mass is 285 g/mol. The Balaban J connectivity index is 2.78. The van der Waals surface area contributed by atoms with E-state index in [1.807, 2.05) is 6.92 Å². The van der Waals surface area contributed by atoms with Crippen LogP contribution >= 0.6 is 0 Å². The quantitative estimate of drug-likeness (QED) is 0.669. The zero-order valence-corrected chi connectivity index (χ0v) is 11.8. The van der Waals surface area contributed by atoms with Gasteiger partial charge in [-0.1, -0.05) is 6.92 Å². The van der Waals surface area contributed by atoms with E-state index in [0.29, 0.717) is 6.42 Å². The summed E-state index contributed by atoms with van der Waals surface area (Å²) in [7, 11) is 1.47. The van der Waals surface area contributed by atoms with E-state index in [4.69, 9.17) is 5.11 Å². The molecule has 0 aromatic heterocycles. The van der Waals surface area contributed by atoms with Crippen molar-refractivity contribution in [1.82, 2.24) is 14.7 Å². The highest BCUT2D eigenvalue weighted by molar-refractivity contribution is 6.04. The molecule has 1 N–H and O–H groups in total. The maximum Gasteiger partial charge on any atom is 0.327 e. The molecule has 1 aliphatic heterocycles. The summed E-state index contributed by atoms with van der Waals surface area (Å²) >= 11 is 0. The van der Waals surface area contributed by atoms with Crippen molar-refractivity contribution in [2.45, 2.75) is 26.3 Å². The van der Waals surface area contributed by atoms with Crippen LogP contribution in [0.4, 0.5) is 4.79 Å². The van der Waals surface area contributed by atoms with E-state index < -0.39 is 36.9 Å². The molecule has 1 atom stereocenters. The number of imide groups is 1. The lowest BCUT2D eigenvalue weighted by Gasteiger charge is -2.28. The van der Waals surface area contributed by atoms with E-state index in [9.17, 15) is 19.2 Å². The highest BCUT2D eigenvalue weighted by Crippen LogP contribution is 2.10. The SMILES string of the molecule is CCC(C)N(CC(=O)O)C(=O)CN1C(=O)CN(C)C1=O. The molecule has 4 amide bonds. The second-order valence-electron chi connectivity index (χ2n) is 4.79. The van der Waals surface area contributed by atoms with E-state index in [1.54, 1.807) is 6.92 Å². The third kappa shape index (κ3) is 3.46. The first-order valence-electron chi connectivity index (χ1n) is 6.34. The number of aliphatic carboxylic acids is 1. The third-order valence-corrected chi connectivity index (χ3v) is 3.27. The van der Waals surface area contributed by atoms with Crippen LogP contribution in [0, 0.1) is 0 Å². The van der Waals surface area contributed by atoms with Gasteiger partial charge in [0.25, 0.3) is 5.91 Å². The Morgan fingerprint density at radius 1 is 1.40 bits per heavy atom. The third-order valence-electron chi connectivity index (χ3n) is 3.27. The molecule has 112 valence electrons. The number of hydrogen-bond acceptors (Lipinski definition) is 4. The summed E-state index contributed by atoms with van der Waals surface area (Å²) in [6, 6.07) is -0.813. The Bertz CT molecular complexity index is 437. The Labute approximate surface area is 116 Å². The standard InChI is InChI=1S/C12H19N3O5/c1-4-8(2)14(7-11(18)19)10(17)6-15-9(16)5-13(3)12(15)20/h8H,4-7H2,1-3H3,(H,18,19). The van der Waals surface area contributed by atoms with Gasteiger partial charge in [-0.05, 0) is 13.3 Å². The summed E-state index contributed by atoms with van der Waals surface area (Å²) in [5.41, 5.74) is 0. The normalized spacial score (nSPS) is 16.6. The molecule has 1 saturated heterocycles. The van der Waals surface area contributed by atoms with E-state index >= 15 is 0 Å². The zero-order valence-electron chi connectivity index (χ0n) is 11.8. The summed E-state index contributed by atoms with van der Waals surface area (Å²) in [6.45, 7) is 2.63. The topological polar surface area (TPSA) is 98.2 Å². The molecule has 1 aliphatic rings. The number of amides is 4. The number of carboxylic acid groups (broad SMARTS) is 1. The Morgan fingerprint density at radius 3 is 2.40 bits per heavy atom. The van der Waals surface area contributed by atoms with Gasteiger partial charge in [0.05, 0.1) is 0 Å². The number of hydrogen-bond donors (Lipinski definition) is 1. The smallest absolute Gasteiger partial charge is 0.327 e. The number of carbonyl (C=O) groups excluding carboxylic acids is 3. The van der Waals surface area contributed by atoms with E-state index in [2.05, 4.69) is 0 Å². The van der Waals surface area contributed by atoms with Crippen molar-refractivity contribution >= 4 is 23.8 Å². The molecule has 20 heavy (non-hydrogen) atoms. The molecule has 0 saturated carbocycles. The van der Waals surface area contributed by atoms with Gasteiger partial charge in [-0.2, -0.15) is 0 Å². The van der Waals surface area contributed by atoms with Gasteiger partial charge in [0.1, 0.15) is 19.6 Å². The second-order valence-corrected chi connectivity index (χ2v) is 4.79. The van der Waals surface area contributed by atoms with Crippen molar-refractivity contribution in [3.8, 4) is 0 Å². The Hall–Kier alpha value is -2.12. The first-order valence-corrected chi connectivity index (χ1v) is 6.34. The molecule has 0 spiro atoms. The average Bonchev–Trinajstić information content (AvgIpc) is 2.61. The summed E-state index contributed by atoms with van der Waals surface area (Å²) < 4.78 is 0. The highest BCUT2D eigenvalue weighted by atomic mass is 16.4.